The summed E-state index contributed by atoms with van der Waals surface area (Å²) in [7, 11) is -4.26. The molecule has 0 radical (unpaired) electrons. The highest BCUT2D eigenvalue weighted by molar-refractivity contribution is 7.92. The van der Waals surface area contributed by atoms with E-state index in [2.05, 4.69) is 5.32 Å². The number of nitrogens with zero attached hydrogens (tertiary/aromatic N) is 2. The minimum Gasteiger partial charge on any atom is -0.494 e. The van der Waals surface area contributed by atoms with E-state index in [1.807, 2.05) is 50.2 Å². The minimum atomic E-state index is -4.26. The molecule has 0 aliphatic heterocycles. The van der Waals surface area contributed by atoms with Gasteiger partial charge in [0.15, 0.2) is 0 Å². The number of amides is 2. The number of rotatable bonds is 16. The molecular weight excluding hydrogens is 657 g/mol. The van der Waals surface area contributed by atoms with E-state index in [0.29, 0.717) is 34.5 Å². The summed E-state index contributed by atoms with van der Waals surface area (Å²) >= 11 is 12.4. The van der Waals surface area contributed by atoms with Crippen molar-refractivity contribution in [2.24, 2.45) is 0 Å². The Morgan fingerprint density at radius 2 is 1.51 bits per heavy atom. The van der Waals surface area contributed by atoms with Crippen LogP contribution in [0.5, 0.6) is 5.75 Å². The molecule has 8 nitrogen and oxygen atoms in total. The summed E-state index contributed by atoms with van der Waals surface area (Å²) in [5.41, 5.74) is 1.80. The van der Waals surface area contributed by atoms with Gasteiger partial charge in [0.05, 0.1) is 17.2 Å². The van der Waals surface area contributed by atoms with Crippen LogP contribution < -0.4 is 14.4 Å². The lowest BCUT2D eigenvalue weighted by molar-refractivity contribution is -0.140. The molecule has 1 atom stereocenters. The first kappa shape index (κ1) is 35.8. The standard InChI is InChI=1S/C36H39Cl2N3O5S/c1-3-5-22-39-36(43)34(24-27-10-7-6-8-11-27)40(25-28-12-9-13-30(38)23-28)35(42)26-41(31-16-18-32(19-17-31)46-4-2)47(44,45)33-20-14-29(37)15-21-33/h6-21,23,34H,3-5,22,24-26H2,1-2H3,(H,39,43)/t34-/m0/s1. The van der Waals surface area contributed by atoms with E-state index in [1.54, 1.807) is 42.5 Å². The highest BCUT2D eigenvalue weighted by Crippen LogP contribution is 2.28. The third-order valence-electron chi connectivity index (χ3n) is 7.46. The average molecular weight is 697 g/mol. The van der Waals surface area contributed by atoms with E-state index in [1.165, 1.54) is 29.2 Å². The summed E-state index contributed by atoms with van der Waals surface area (Å²) in [6, 6.07) is 27.7. The van der Waals surface area contributed by atoms with Gasteiger partial charge in [0, 0.05) is 29.6 Å². The fraction of sp³-hybridized carbons (Fsp3) is 0.278. The maximum absolute atomic E-state index is 14.5. The zero-order valence-corrected chi connectivity index (χ0v) is 28.8. The topological polar surface area (TPSA) is 96.0 Å². The van der Waals surface area contributed by atoms with Gasteiger partial charge >= 0.3 is 0 Å². The van der Waals surface area contributed by atoms with Crippen molar-refractivity contribution >= 4 is 50.7 Å². The Labute approximate surface area is 287 Å². The number of anilines is 1. The van der Waals surface area contributed by atoms with E-state index in [4.69, 9.17) is 27.9 Å². The molecule has 0 saturated carbocycles. The van der Waals surface area contributed by atoms with Crippen LogP contribution in [0.3, 0.4) is 0 Å². The van der Waals surface area contributed by atoms with Crippen LogP contribution in [-0.4, -0.2) is 50.9 Å². The fourth-order valence-electron chi connectivity index (χ4n) is 5.03. The Hall–Kier alpha value is -4.05. The smallest absolute Gasteiger partial charge is 0.264 e. The zero-order chi connectivity index (χ0) is 33.8. The summed E-state index contributed by atoms with van der Waals surface area (Å²) in [4.78, 5) is 29.8. The summed E-state index contributed by atoms with van der Waals surface area (Å²) in [5.74, 6) is -0.338. The Balaban J connectivity index is 1.79. The van der Waals surface area contributed by atoms with Crippen molar-refractivity contribution in [3.63, 3.8) is 0 Å². The first-order chi connectivity index (χ1) is 22.6. The van der Waals surface area contributed by atoms with Crippen molar-refractivity contribution in [3.8, 4) is 5.75 Å². The van der Waals surface area contributed by atoms with Gasteiger partial charge in [-0.2, -0.15) is 0 Å². The van der Waals surface area contributed by atoms with Gasteiger partial charge in [0.25, 0.3) is 10.0 Å². The summed E-state index contributed by atoms with van der Waals surface area (Å²) in [6.45, 7) is 4.21. The number of ether oxygens (including phenoxy) is 1. The molecule has 0 unspecified atom stereocenters. The molecule has 4 rings (SSSR count). The molecule has 4 aromatic carbocycles. The molecule has 0 fully saturated rings. The number of nitrogens with one attached hydrogen (secondary N) is 1. The van der Waals surface area contributed by atoms with Crippen LogP contribution in [0.1, 0.15) is 37.8 Å². The highest BCUT2D eigenvalue weighted by Gasteiger charge is 2.34. The van der Waals surface area contributed by atoms with Crippen LogP contribution in [-0.2, 0) is 32.6 Å². The fourth-order valence-corrected chi connectivity index (χ4v) is 6.78. The van der Waals surface area contributed by atoms with Gasteiger partial charge < -0.3 is 15.0 Å². The van der Waals surface area contributed by atoms with Gasteiger partial charge in [-0.1, -0.05) is 79.0 Å². The molecule has 1 N–H and O–H groups in total. The molecule has 248 valence electrons. The van der Waals surface area contributed by atoms with Crippen LogP contribution in [0.4, 0.5) is 5.69 Å². The molecule has 4 aromatic rings. The van der Waals surface area contributed by atoms with E-state index >= 15 is 0 Å². The minimum absolute atomic E-state index is 0.0240. The number of benzene rings is 4. The van der Waals surface area contributed by atoms with Crippen LogP contribution in [0.15, 0.2) is 108 Å². The Kier molecular flexibility index (Phi) is 13.1. The Morgan fingerprint density at radius 3 is 2.15 bits per heavy atom. The lowest BCUT2D eigenvalue weighted by atomic mass is 10.0. The molecule has 11 heteroatoms. The first-order valence-electron chi connectivity index (χ1n) is 15.5. The molecule has 0 aliphatic rings. The van der Waals surface area contributed by atoms with Gasteiger partial charge in [-0.15, -0.1) is 0 Å². The summed E-state index contributed by atoms with van der Waals surface area (Å²) in [6.07, 6.45) is 1.88. The molecule has 0 saturated heterocycles. The number of unbranched alkanes of at least 4 members (excludes halogenated alkanes) is 1. The predicted octanol–water partition coefficient (Wildman–Crippen LogP) is 7.14. The van der Waals surface area contributed by atoms with Gasteiger partial charge in [-0.05, 0) is 85.1 Å². The van der Waals surface area contributed by atoms with Crippen LogP contribution >= 0.6 is 23.2 Å². The second-order valence-electron chi connectivity index (χ2n) is 10.9. The van der Waals surface area contributed by atoms with Gasteiger partial charge in [-0.25, -0.2) is 8.42 Å². The lowest BCUT2D eigenvalue weighted by Gasteiger charge is -2.34. The van der Waals surface area contributed by atoms with E-state index in [0.717, 1.165) is 22.7 Å². The second kappa shape index (κ2) is 17.2. The Bertz CT molecular complexity index is 1720. The number of sulfonamides is 1. The van der Waals surface area contributed by atoms with Crippen molar-refractivity contribution in [1.82, 2.24) is 10.2 Å². The van der Waals surface area contributed by atoms with Crippen LogP contribution in [0.25, 0.3) is 0 Å². The van der Waals surface area contributed by atoms with Gasteiger partial charge in [0.2, 0.25) is 11.8 Å². The molecule has 0 aliphatic carbocycles. The van der Waals surface area contributed by atoms with E-state index in [9.17, 15) is 18.0 Å². The number of carbonyl (C=O) groups is 2. The Morgan fingerprint density at radius 1 is 0.830 bits per heavy atom. The van der Waals surface area contributed by atoms with Gasteiger partial charge in [-0.3, -0.25) is 13.9 Å². The van der Waals surface area contributed by atoms with Crippen molar-refractivity contribution in [2.75, 3.05) is 24.0 Å². The van der Waals surface area contributed by atoms with Crippen molar-refractivity contribution in [3.05, 3.63) is 124 Å². The summed E-state index contributed by atoms with van der Waals surface area (Å²) in [5, 5.41) is 3.83. The molecule has 0 aromatic heterocycles. The molecule has 0 heterocycles. The quantitative estimate of drug-likeness (QED) is 0.126. The molecule has 0 spiro atoms. The lowest BCUT2D eigenvalue weighted by Crippen LogP contribution is -2.53. The molecule has 2 amide bonds. The van der Waals surface area contributed by atoms with Crippen molar-refractivity contribution in [2.45, 2.75) is 50.6 Å². The second-order valence-corrected chi connectivity index (χ2v) is 13.6. The number of hydrogen-bond acceptors (Lipinski definition) is 5. The normalized spacial score (nSPS) is 11.8. The number of hydrogen-bond donors (Lipinski definition) is 1. The monoisotopic (exact) mass is 695 g/mol. The number of halogens is 2. The third-order valence-corrected chi connectivity index (χ3v) is 9.73. The molecule has 0 bridgehead atoms. The molecular formula is C36H39Cl2N3O5S. The first-order valence-corrected chi connectivity index (χ1v) is 17.7. The SMILES string of the molecule is CCCCNC(=O)[C@H](Cc1ccccc1)N(Cc1cccc(Cl)c1)C(=O)CN(c1ccc(OCC)cc1)S(=O)(=O)c1ccc(Cl)cc1. The molecule has 47 heavy (non-hydrogen) atoms. The maximum Gasteiger partial charge on any atom is 0.264 e. The predicted molar refractivity (Wildman–Crippen MR) is 187 cm³/mol. The largest absolute Gasteiger partial charge is 0.494 e. The van der Waals surface area contributed by atoms with Crippen molar-refractivity contribution in [1.29, 1.82) is 0 Å². The van der Waals surface area contributed by atoms with Crippen LogP contribution in [0, 0.1) is 0 Å². The summed E-state index contributed by atoms with van der Waals surface area (Å²) < 4.78 is 34.9. The van der Waals surface area contributed by atoms with Crippen molar-refractivity contribution < 1.29 is 22.7 Å². The third kappa shape index (κ3) is 9.97. The average Bonchev–Trinajstić information content (AvgIpc) is 3.06. The van der Waals surface area contributed by atoms with Crippen LogP contribution in [0.2, 0.25) is 10.0 Å². The van der Waals surface area contributed by atoms with Gasteiger partial charge in [0.1, 0.15) is 18.3 Å². The maximum atomic E-state index is 14.5. The van der Waals surface area contributed by atoms with E-state index in [-0.39, 0.29) is 29.5 Å². The number of carbonyl (C=O) groups excluding carboxylic acids is 2. The zero-order valence-electron chi connectivity index (χ0n) is 26.4. The van der Waals surface area contributed by atoms with E-state index < -0.39 is 28.5 Å². The highest BCUT2D eigenvalue weighted by atomic mass is 35.5.